The van der Waals surface area contributed by atoms with Gasteiger partial charge in [-0.25, -0.2) is 0 Å². The van der Waals surface area contributed by atoms with Crippen molar-refractivity contribution in [3.63, 3.8) is 0 Å². The third-order valence-corrected chi connectivity index (χ3v) is 4.41. The first-order valence-electron chi connectivity index (χ1n) is 8.38. The minimum Gasteiger partial charge on any atom is -0.497 e. The van der Waals surface area contributed by atoms with Crippen molar-refractivity contribution >= 4 is 5.91 Å². The molecule has 1 aromatic carbocycles. The molecule has 0 aliphatic carbocycles. The third kappa shape index (κ3) is 4.85. The zero-order valence-corrected chi connectivity index (χ0v) is 14.8. The Morgan fingerprint density at radius 2 is 1.83 bits per heavy atom. The number of methoxy groups -OCH3 is 2. The van der Waals surface area contributed by atoms with E-state index in [4.69, 9.17) is 14.2 Å². The van der Waals surface area contributed by atoms with Crippen LogP contribution in [0.25, 0.3) is 0 Å². The summed E-state index contributed by atoms with van der Waals surface area (Å²) >= 11 is 0. The van der Waals surface area contributed by atoms with Crippen LogP contribution >= 0.6 is 0 Å². The Labute approximate surface area is 143 Å². The van der Waals surface area contributed by atoms with E-state index in [1.165, 1.54) is 0 Å². The molecule has 1 aromatic rings. The molecule has 0 aromatic heterocycles. The van der Waals surface area contributed by atoms with E-state index < -0.39 is 5.41 Å². The number of hydrogen-bond donors (Lipinski definition) is 2. The van der Waals surface area contributed by atoms with Crippen molar-refractivity contribution in [1.82, 2.24) is 10.6 Å². The molecule has 0 spiro atoms. The zero-order chi connectivity index (χ0) is 17.4. The Kier molecular flexibility index (Phi) is 6.87. The number of carbonyl (C=O) groups excluding carboxylic acids is 1. The highest BCUT2D eigenvalue weighted by Gasteiger charge is 2.39. The maximum atomic E-state index is 12.7. The van der Waals surface area contributed by atoms with E-state index in [2.05, 4.69) is 10.6 Å². The van der Waals surface area contributed by atoms with E-state index >= 15 is 0 Å². The highest BCUT2D eigenvalue weighted by atomic mass is 16.5. The molecule has 6 nitrogen and oxygen atoms in total. The molecular formula is C18H28N2O4. The molecule has 1 aliphatic heterocycles. The van der Waals surface area contributed by atoms with Crippen LogP contribution in [0.3, 0.4) is 0 Å². The average molecular weight is 336 g/mol. The molecule has 134 valence electrons. The smallest absolute Gasteiger partial charge is 0.228 e. The van der Waals surface area contributed by atoms with E-state index in [-0.39, 0.29) is 12.0 Å². The molecule has 2 rings (SSSR count). The minimum absolute atomic E-state index is 0.0519. The average Bonchev–Trinajstić information content (AvgIpc) is 2.61. The maximum Gasteiger partial charge on any atom is 0.228 e. The summed E-state index contributed by atoms with van der Waals surface area (Å²) in [7, 11) is 3.27. The number of carbonyl (C=O) groups is 1. The number of amides is 1. The van der Waals surface area contributed by atoms with Crippen LogP contribution in [-0.4, -0.2) is 52.5 Å². The lowest BCUT2D eigenvalue weighted by molar-refractivity contribution is -0.136. The summed E-state index contributed by atoms with van der Waals surface area (Å²) in [6, 6.07) is 7.42. The van der Waals surface area contributed by atoms with E-state index in [9.17, 15) is 4.79 Å². The van der Waals surface area contributed by atoms with Gasteiger partial charge in [0, 0.05) is 7.11 Å². The second-order valence-corrected chi connectivity index (χ2v) is 6.28. The van der Waals surface area contributed by atoms with E-state index in [1.807, 2.05) is 31.2 Å². The van der Waals surface area contributed by atoms with Gasteiger partial charge in [-0.2, -0.15) is 0 Å². The van der Waals surface area contributed by atoms with E-state index in [1.54, 1.807) is 14.2 Å². The van der Waals surface area contributed by atoms with Crippen LogP contribution in [0, 0.1) is 5.41 Å². The lowest BCUT2D eigenvalue weighted by Crippen LogP contribution is -2.51. The van der Waals surface area contributed by atoms with Gasteiger partial charge >= 0.3 is 0 Å². The molecule has 1 fully saturated rings. The van der Waals surface area contributed by atoms with Gasteiger partial charge in [-0.15, -0.1) is 0 Å². The van der Waals surface area contributed by atoms with Crippen LogP contribution in [0.2, 0.25) is 0 Å². The number of hydrogen-bond acceptors (Lipinski definition) is 5. The van der Waals surface area contributed by atoms with Gasteiger partial charge in [-0.3, -0.25) is 4.79 Å². The molecule has 1 heterocycles. The van der Waals surface area contributed by atoms with Crippen molar-refractivity contribution in [2.24, 2.45) is 5.41 Å². The quantitative estimate of drug-likeness (QED) is 0.755. The number of benzene rings is 1. The van der Waals surface area contributed by atoms with Gasteiger partial charge in [0.1, 0.15) is 17.6 Å². The van der Waals surface area contributed by atoms with Gasteiger partial charge in [-0.05, 0) is 57.1 Å². The lowest BCUT2D eigenvalue weighted by atomic mass is 9.78. The Hall–Kier alpha value is -1.79. The SMILES string of the molecule is COCC1(C(=O)NCC(C)Oc2ccc(OC)cc2)CCNCC1. The van der Waals surface area contributed by atoms with Crippen LogP contribution in [0.1, 0.15) is 19.8 Å². The molecule has 0 bridgehead atoms. The van der Waals surface area contributed by atoms with Crippen LogP contribution in [0.4, 0.5) is 0 Å². The monoisotopic (exact) mass is 336 g/mol. The van der Waals surface area contributed by atoms with Crippen LogP contribution in [0.15, 0.2) is 24.3 Å². The molecule has 1 unspecified atom stereocenters. The fourth-order valence-corrected chi connectivity index (χ4v) is 2.97. The summed E-state index contributed by atoms with van der Waals surface area (Å²) in [5.41, 5.74) is -0.431. The number of nitrogens with one attached hydrogen (secondary N) is 2. The van der Waals surface area contributed by atoms with Gasteiger partial charge < -0.3 is 24.8 Å². The van der Waals surface area contributed by atoms with Gasteiger partial charge in [-0.1, -0.05) is 0 Å². The molecule has 1 aliphatic rings. The summed E-state index contributed by atoms with van der Waals surface area (Å²) in [5.74, 6) is 1.60. The van der Waals surface area contributed by atoms with Gasteiger partial charge in [0.2, 0.25) is 5.91 Å². The second-order valence-electron chi connectivity index (χ2n) is 6.28. The molecule has 24 heavy (non-hydrogen) atoms. The summed E-state index contributed by atoms with van der Waals surface area (Å²) in [5, 5.41) is 6.31. The first-order valence-corrected chi connectivity index (χ1v) is 8.38. The highest BCUT2D eigenvalue weighted by molar-refractivity contribution is 5.83. The van der Waals surface area contributed by atoms with Crippen molar-refractivity contribution in [3.05, 3.63) is 24.3 Å². The highest BCUT2D eigenvalue weighted by Crippen LogP contribution is 2.29. The van der Waals surface area contributed by atoms with E-state index in [0.29, 0.717) is 13.2 Å². The topological polar surface area (TPSA) is 68.8 Å². The molecule has 6 heteroatoms. The Morgan fingerprint density at radius 1 is 1.21 bits per heavy atom. The third-order valence-electron chi connectivity index (χ3n) is 4.41. The molecule has 0 radical (unpaired) electrons. The normalized spacial score (nSPS) is 17.8. The van der Waals surface area contributed by atoms with Crippen LogP contribution < -0.4 is 20.1 Å². The second kappa shape index (κ2) is 8.89. The van der Waals surface area contributed by atoms with Crippen molar-refractivity contribution in [3.8, 4) is 11.5 Å². The predicted octanol–water partition coefficient (Wildman–Crippen LogP) is 1.59. The number of rotatable bonds is 8. The molecule has 1 atom stereocenters. The lowest BCUT2D eigenvalue weighted by Gasteiger charge is -2.35. The molecule has 0 saturated carbocycles. The summed E-state index contributed by atoms with van der Waals surface area (Å²) < 4.78 is 16.3. The summed E-state index contributed by atoms with van der Waals surface area (Å²) in [6.07, 6.45) is 1.46. The molecular weight excluding hydrogens is 308 g/mol. The predicted molar refractivity (Wildman–Crippen MR) is 92.5 cm³/mol. The molecule has 1 amide bonds. The fraction of sp³-hybridized carbons (Fsp3) is 0.611. The number of ether oxygens (including phenoxy) is 3. The van der Waals surface area contributed by atoms with Crippen LogP contribution in [-0.2, 0) is 9.53 Å². The Balaban J connectivity index is 1.84. The zero-order valence-electron chi connectivity index (χ0n) is 14.8. The Morgan fingerprint density at radius 3 is 2.42 bits per heavy atom. The van der Waals surface area contributed by atoms with Crippen LogP contribution in [0.5, 0.6) is 11.5 Å². The number of piperidine rings is 1. The van der Waals surface area contributed by atoms with Gasteiger partial charge in [0.25, 0.3) is 0 Å². The van der Waals surface area contributed by atoms with Gasteiger partial charge in [0.15, 0.2) is 0 Å². The van der Waals surface area contributed by atoms with Crippen molar-refractivity contribution in [2.75, 3.05) is 40.5 Å². The van der Waals surface area contributed by atoms with Gasteiger partial charge in [0.05, 0.1) is 25.7 Å². The van der Waals surface area contributed by atoms with Crippen molar-refractivity contribution in [1.29, 1.82) is 0 Å². The standard InChI is InChI=1S/C18H28N2O4/c1-14(24-16-6-4-15(23-3)5-7-16)12-20-17(21)18(13-22-2)8-10-19-11-9-18/h4-7,14,19H,8-13H2,1-3H3,(H,20,21). The Bertz CT molecular complexity index is 507. The fourth-order valence-electron chi connectivity index (χ4n) is 2.97. The summed E-state index contributed by atoms with van der Waals surface area (Å²) in [4.78, 5) is 12.7. The first kappa shape index (κ1) is 18.5. The molecule has 2 N–H and O–H groups in total. The van der Waals surface area contributed by atoms with Crippen molar-refractivity contribution in [2.45, 2.75) is 25.9 Å². The van der Waals surface area contributed by atoms with Crippen molar-refractivity contribution < 1.29 is 19.0 Å². The summed E-state index contributed by atoms with van der Waals surface area (Å²) in [6.45, 7) is 4.54. The minimum atomic E-state index is -0.431. The largest absolute Gasteiger partial charge is 0.497 e. The van der Waals surface area contributed by atoms with E-state index in [0.717, 1.165) is 37.4 Å². The maximum absolute atomic E-state index is 12.7. The molecule has 1 saturated heterocycles. The first-order chi connectivity index (χ1) is 11.6.